The number of aromatic amines is 1. The van der Waals surface area contributed by atoms with E-state index in [9.17, 15) is 32.3 Å². The Balaban J connectivity index is 1.14. The molecule has 1 unspecified atom stereocenters. The summed E-state index contributed by atoms with van der Waals surface area (Å²) in [6.07, 6.45) is -2.14. The van der Waals surface area contributed by atoms with Crippen LogP contribution in [0.15, 0.2) is 34.9 Å². The van der Waals surface area contributed by atoms with Gasteiger partial charge in [0, 0.05) is 31.7 Å². The normalized spacial score (nSPS) is 23.1. The van der Waals surface area contributed by atoms with Crippen LogP contribution in [-0.2, 0) is 28.5 Å². The quantitative estimate of drug-likeness (QED) is 0.439. The van der Waals surface area contributed by atoms with E-state index in [1.807, 2.05) is 0 Å². The Kier molecular flexibility index (Phi) is 8.48. The molecule has 10 nitrogen and oxygen atoms in total. The maximum absolute atomic E-state index is 15.6. The summed E-state index contributed by atoms with van der Waals surface area (Å²) in [7, 11) is 0. The van der Waals surface area contributed by atoms with Crippen LogP contribution in [0, 0.1) is 0 Å². The van der Waals surface area contributed by atoms with Crippen molar-refractivity contribution in [1.29, 1.82) is 0 Å². The van der Waals surface area contributed by atoms with Crippen LogP contribution in [0.5, 0.6) is 0 Å². The smallest absolute Gasteiger partial charge is 0.416 e. The Labute approximate surface area is 281 Å². The molecule has 4 aliphatic rings. The largest absolute Gasteiger partial charge is 0.444 e. The van der Waals surface area contributed by atoms with E-state index in [4.69, 9.17) is 4.74 Å². The van der Waals surface area contributed by atoms with Gasteiger partial charge in [-0.05, 0) is 101 Å². The zero-order valence-corrected chi connectivity index (χ0v) is 28.2. The number of pyridine rings is 1. The van der Waals surface area contributed by atoms with Gasteiger partial charge in [0.1, 0.15) is 17.1 Å². The molecule has 6 rings (SSSR count). The predicted molar refractivity (Wildman–Crippen MR) is 172 cm³/mol. The van der Waals surface area contributed by atoms with Crippen molar-refractivity contribution in [1.82, 2.24) is 25.0 Å². The molecule has 2 N–H and O–H groups in total. The standard InChI is InChI=1S/C35H41F4N5O5/c1-20-24-7-6-23(35(37,38)39)14-21(24)8-11-43(20)28(45)18-40-33(5)17-22-15-26(41-29(46)25(22)16-27(33)36)30(47)44-13-12-42(19-34(44)9-10-34)31(48)49-32(2,3)4/h6-7,14-16,20,40H,8-13,17-19H2,1-5H3,(H,41,46)/t20-,33?/m0/s1. The number of benzene rings is 1. The van der Waals surface area contributed by atoms with Gasteiger partial charge in [-0.3, -0.25) is 19.7 Å². The number of amides is 3. The SMILES string of the molecule is C[C@H]1c2ccc(C(F)(F)F)cc2CCN1C(=O)CNC1(C)Cc2cc(C(=O)N3CCN(C(=O)OC(C)(C)C)CC34CC4)[nH]c(=O)c2C=C1F. The molecule has 2 aliphatic heterocycles. The van der Waals surface area contributed by atoms with Gasteiger partial charge in [-0.25, -0.2) is 9.18 Å². The van der Waals surface area contributed by atoms with Crippen molar-refractivity contribution >= 4 is 24.0 Å². The molecule has 14 heteroatoms. The summed E-state index contributed by atoms with van der Waals surface area (Å²) in [4.78, 5) is 60.5. The zero-order chi connectivity index (χ0) is 35.7. The number of carbonyl (C=O) groups is 3. The summed E-state index contributed by atoms with van der Waals surface area (Å²) in [5.74, 6) is -1.38. The molecule has 2 aromatic rings. The number of nitrogens with one attached hydrogen (secondary N) is 2. The number of fused-ring (bicyclic) bond motifs is 2. The second kappa shape index (κ2) is 12.0. The highest BCUT2D eigenvalue weighted by Crippen LogP contribution is 2.45. The van der Waals surface area contributed by atoms with Gasteiger partial charge in [-0.1, -0.05) is 6.07 Å². The van der Waals surface area contributed by atoms with Gasteiger partial charge < -0.3 is 24.4 Å². The average Bonchev–Trinajstić information content (AvgIpc) is 3.78. The van der Waals surface area contributed by atoms with Crippen molar-refractivity contribution in [3.8, 4) is 0 Å². The third-order valence-corrected chi connectivity index (χ3v) is 10.1. The topological polar surface area (TPSA) is 115 Å². The van der Waals surface area contributed by atoms with Crippen LogP contribution in [0.1, 0.15) is 91.8 Å². The minimum Gasteiger partial charge on any atom is -0.444 e. The van der Waals surface area contributed by atoms with E-state index < -0.39 is 51.9 Å². The lowest BCUT2D eigenvalue weighted by atomic mass is 9.83. The van der Waals surface area contributed by atoms with Crippen LogP contribution in [-0.4, -0.2) is 87.0 Å². The first-order valence-electron chi connectivity index (χ1n) is 16.5. The van der Waals surface area contributed by atoms with Crippen LogP contribution in [0.25, 0.3) is 6.08 Å². The van der Waals surface area contributed by atoms with Crippen molar-refractivity contribution in [3.63, 3.8) is 0 Å². The highest BCUT2D eigenvalue weighted by Gasteiger charge is 2.54. The van der Waals surface area contributed by atoms with Gasteiger partial charge in [-0.15, -0.1) is 0 Å². The maximum Gasteiger partial charge on any atom is 0.416 e. The van der Waals surface area contributed by atoms with Crippen LogP contribution in [0.3, 0.4) is 0 Å². The minimum absolute atomic E-state index is 0.0156. The predicted octanol–water partition coefficient (Wildman–Crippen LogP) is 4.98. The summed E-state index contributed by atoms with van der Waals surface area (Å²) in [5, 5.41) is 3.01. The first-order chi connectivity index (χ1) is 22.8. The van der Waals surface area contributed by atoms with Crippen molar-refractivity contribution in [2.24, 2.45) is 0 Å². The second-order valence-corrected chi connectivity index (χ2v) is 14.8. The Morgan fingerprint density at radius 1 is 1.06 bits per heavy atom. The van der Waals surface area contributed by atoms with Crippen molar-refractivity contribution in [3.05, 3.63) is 74.0 Å². The molecule has 0 radical (unpaired) electrons. The lowest BCUT2D eigenvalue weighted by Gasteiger charge is -2.42. The molecule has 2 fully saturated rings. The molecule has 2 atom stereocenters. The lowest BCUT2D eigenvalue weighted by Crippen LogP contribution is -2.59. The number of aromatic nitrogens is 1. The maximum atomic E-state index is 15.6. The Morgan fingerprint density at radius 3 is 2.43 bits per heavy atom. The molecule has 49 heavy (non-hydrogen) atoms. The fourth-order valence-corrected chi connectivity index (χ4v) is 7.16. The highest BCUT2D eigenvalue weighted by molar-refractivity contribution is 5.94. The van der Waals surface area contributed by atoms with Gasteiger partial charge >= 0.3 is 12.3 Å². The van der Waals surface area contributed by atoms with Crippen LogP contribution < -0.4 is 10.9 Å². The highest BCUT2D eigenvalue weighted by atomic mass is 19.4. The van der Waals surface area contributed by atoms with Gasteiger partial charge in [0.15, 0.2) is 0 Å². The number of halogens is 4. The molecule has 1 aromatic heterocycles. The summed E-state index contributed by atoms with van der Waals surface area (Å²) in [5.41, 5.74) is -2.15. The van der Waals surface area contributed by atoms with E-state index in [2.05, 4.69) is 10.3 Å². The van der Waals surface area contributed by atoms with E-state index in [0.29, 0.717) is 36.1 Å². The van der Waals surface area contributed by atoms with Gasteiger partial charge in [0.2, 0.25) is 5.91 Å². The monoisotopic (exact) mass is 687 g/mol. The van der Waals surface area contributed by atoms with Crippen LogP contribution in [0.2, 0.25) is 0 Å². The number of nitrogens with zero attached hydrogens (tertiary/aromatic N) is 3. The van der Waals surface area contributed by atoms with Crippen LogP contribution in [0.4, 0.5) is 22.4 Å². The molecule has 3 amide bonds. The number of carbonyl (C=O) groups excluding carboxylic acids is 3. The first kappa shape index (κ1) is 34.7. The van der Waals surface area contributed by atoms with Gasteiger partial charge in [0.25, 0.3) is 11.5 Å². The molecule has 2 aliphatic carbocycles. The Morgan fingerprint density at radius 2 is 1.78 bits per heavy atom. The number of piperazine rings is 1. The van der Waals surface area contributed by atoms with E-state index in [1.54, 1.807) is 55.4 Å². The Bertz CT molecular complexity index is 1790. The number of rotatable bonds is 4. The molecular formula is C35H41F4N5O5. The first-order valence-corrected chi connectivity index (χ1v) is 16.5. The summed E-state index contributed by atoms with van der Waals surface area (Å²) in [6, 6.07) is 4.62. The molecule has 1 spiro atoms. The number of hydrogen-bond donors (Lipinski definition) is 2. The zero-order valence-electron chi connectivity index (χ0n) is 28.2. The lowest BCUT2D eigenvalue weighted by molar-refractivity contribution is -0.138. The Hall–Kier alpha value is -4.20. The molecule has 1 aromatic carbocycles. The third-order valence-electron chi connectivity index (χ3n) is 10.1. The van der Waals surface area contributed by atoms with Gasteiger partial charge in [0.05, 0.1) is 29.2 Å². The molecule has 1 saturated heterocycles. The second-order valence-electron chi connectivity index (χ2n) is 14.8. The molecular weight excluding hydrogens is 646 g/mol. The summed E-state index contributed by atoms with van der Waals surface area (Å²) in [6.45, 7) is 9.50. The number of H-pyrrole nitrogens is 1. The molecule has 3 heterocycles. The van der Waals surface area contributed by atoms with Crippen LogP contribution >= 0.6 is 0 Å². The van der Waals surface area contributed by atoms with E-state index in [0.717, 1.165) is 18.2 Å². The molecule has 0 bridgehead atoms. The van der Waals surface area contributed by atoms with E-state index in [-0.39, 0.29) is 62.1 Å². The molecule has 1 saturated carbocycles. The fourth-order valence-electron chi connectivity index (χ4n) is 7.16. The van der Waals surface area contributed by atoms with Crippen molar-refractivity contribution < 1.29 is 36.7 Å². The van der Waals surface area contributed by atoms with E-state index in [1.165, 1.54) is 6.07 Å². The molecule has 264 valence electrons. The number of hydrogen-bond acceptors (Lipinski definition) is 6. The minimum atomic E-state index is -4.46. The van der Waals surface area contributed by atoms with Gasteiger partial charge in [-0.2, -0.15) is 13.2 Å². The number of alkyl halides is 3. The van der Waals surface area contributed by atoms with Crippen molar-refractivity contribution in [2.45, 2.75) is 89.2 Å². The summed E-state index contributed by atoms with van der Waals surface area (Å²) < 4.78 is 60.7. The van der Waals surface area contributed by atoms with E-state index >= 15 is 4.39 Å². The van der Waals surface area contributed by atoms with Crippen molar-refractivity contribution in [2.75, 3.05) is 32.7 Å². The average molecular weight is 688 g/mol. The number of ether oxygens (including phenoxy) is 1. The summed E-state index contributed by atoms with van der Waals surface area (Å²) >= 11 is 0. The third kappa shape index (κ3) is 6.71. The fraction of sp³-hybridized carbons (Fsp3) is 0.543.